The predicted octanol–water partition coefficient (Wildman–Crippen LogP) is -0.248. The Morgan fingerprint density at radius 2 is 2.24 bits per heavy atom. The molecule has 0 spiro atoms. The molecule has 0 radical (unpaired) electrons. The van der Waals surface area contributed by atoms with Crippen molar-refractivity contribution in [2.75, 3.05) is 46.2 Å². The quantitative estimate of drug-likeness (QED) is 0.695. The highest BCUT2D eigenvalue weighted by Gasteiger charge is 2.22. The lowest BCUT2D eigenvalue weighted by molar-refractivity contribution is -0.131. The second-order valence-electron chi connectivity index (χ2n) is 4.60. The minimum Gasteiger partial charge on any atom is -0.346 e. The average Bonchev–Trinajstić information content (AvgIpc) is 2.70. The molecule has 0 aromatic rings. The van der Waals surface area contributed by atoms with E-state index < -0.39 is 0 Å². The van der Waals surface area contributed by atoms with Crippen LogP contribution in [-0.2, 0) is 9.59 Å². The van der Waals surface area contributed by atoms with Crippen molar-refractivity contribution in [1.82, 2.24) is 15.1 Å². The lowest BCUT2D eigenvalue weighted by atomic mass is 10.1. The van der Waals surface area contributed by atoms with Crippen LogP contribution in [0.4, 0.5) is 0 Å². The normalized spacial score (nSPS) is 20.3. The molecule has 2 amide bonds. The first-order valence-corrected chi connectivity index (χ1v) is 6.31. The van der Waals surface area contributed by atoms with E-state index in [4.69, 9.17) is 11.6 Å². The molecule has 0 saturated carbocycles. The van der Waals surface area contributed by atoms with E-state index in [1.165, 1.54) is 0 Å². The zero-order chi connectivity index (χ0) is 12.8. The molecule has 0 bridgehead atoms. The summed E-state index contributed by atoms with van der Waals surface area (Å²) in [4.78, 5) is 26.5. The van der Waals surface area contributed by atoms with Crippen LogP contribution in [0.2, 0.25) is 0 Å². The van der Waals surface area contributed by atoms with Gasteiger partial charge in [0.05, 0.1) is 6.54 Å². The monoisotopic (exact) mass is 261 g/mol. The van der Waals surface area contributed by atoms with Gasteiger partial charge in [0.1, 0.15) is 5.88 Å². The van der Waals surface area contributed by atoms with Crippen LogP contribution in [0, 0.1) is 5.92 Å². The molecular weight excluding hydrogens is 242 g/mol. The zero-order valence-electron chi connectivity index (χ0n) is 10.4. The number of nitrogens with one attached hydrogen (secondary N) is 1. The van der Waals surface area contributed by atoms with Gasteiger partial charge in [0.15, 0.2) is 0 Å². The van der Waals surface area contributed by atoms with Crippen molar-refractivity contribution in [2.45, 2.75) is 6.42 Å². The lowest BCUT2D eigenvalue weighted by Crippen LogP contribution is -2.40. The van der Waals surface area contributed by atoms with E-state index in [9.17, 15) is 9.59 Å². The molecule has 6 heteroatoms. The highest BCUT2D eigenvalue weighted by molar-refractivity contribution is 6.27. The predicted molar refractivity (Wildman–Crippen MR) is 67.0 cm³/mol. The molecule has 17 heavy (non-hydrogen) atoms. The highest BCUT2D eigenvalue weighted by Crippen LogP contribution is 2.14. The Labute approximate surface area is 107 Å². The van der Waals surface area contributed by atoms with Crippen molar-refractivity contribution < 1.29 is 9.59 Å². The minimum absolute atomic E-state index is 0.0324. The largest absolute Gasteiger partial charge is 0.346 e. The Morgan fingerprint density at radius 3 is 2.76 bits per heavy atom. The van der Waals surface area contributed by atoms with Crippen molar-refractivity contribution in [3.63, 3.8) is 0 Å². The van der Waals surface area contributed by atoms with Crippen LogP contribution in [0.15, 0.2) is 0 Å². The van der Waals surface area contributed by atoms with E-state index in [0.29, 0.717) is 5.92 Å². The molecule has 1 N–H and O–H groups in total. The summed E-state index contributed by atoms with van der Waals surface area (Å²) in [5.74, 6) is 0.0504. The number of hydrogen-bond donors (Lipinski definition) is 1. The maximum atomic E-state index is 11.7. The van der Waals surface area contributed by atoms with Gasteiger partial charge in [0.25, 0.3) is 0 Å². The summed E-state index contributed by atoms with van der Waals surface area (Å²) in [5, 5.41) is 2.47. The minimum atomic E-state index is -0.311. The number of carbonyl (C=O) groups is 2. The maximum absolute atomic E-state index is 11.7. The number of nitrogens with zero attached hydrogens (tertiary/aromatic N) is 2. The molecule has 0 aliphatic carbocycles. The molecule has 5 nitrogen and oxygen atoms in total. The Hall–Kier alpha value is -0.810. The summed E-state index contributed by atoms with van der Waals surface area (Å²) in [6.45, 7) is 2.91. The zero-order valence-corrected chi connectivity index (χ0v) is 11.2. The van der Waals surface area contributed by atoms with Crippen LogP contribution in [-0.4, -0.2) is 67.8 Å². The lowest BCUT2D eigenvalue weighted by Gasteiger charge is -2.21. The van der Waals surface area contributed by atoms with E-state index in [1.54, 1.807) is 11.9 Å². The topological polar surface area (TPSA) is 52.6 Å². The fourth-order valence-corrected chi connectivity index (χ4v) is 2.12. The first-order chi connectivity index (χ1) is 8.02. The maximum Gasteiger partial charge on any atom is 0.241 e. The van der Waals surface area contributed by atoms with Crippen LogP contribution in [0.25, 0.3) is 0 Å². The average molecular weight is 262 g/mol. The second-order valence-corrected chi connectivity index (χ2v) is 4.87. The van der Waals surface area contributed by atoms with Crippen LogP contribution < -0.4 is 5.32 Å². The van der Waals surface area contributed by atoms with Gasteiger partial charge >= 0.3 is 0 Å². The van der Waals surface area contributed by atoms with Crippen molar-refractivity contribution in [1.29, 1.82) is 0 Å². The Balaban J connectivity index is 2.24. The third-order valence-electron chi connectivity index (χ3n) is 3.00. The Morgan fingerprint density at radius 1 is 1.53 bits per heavy atom. The summed E-state index contributed by atoms with van der Waals surface area (Å²) in [7, 11) is 3.86. The number of rotatable bonds is 5. The van der Waals surface area contributed by atoms with Gasteiger partial charge in [0, 0.05) is 20.1 Å². The number of likely N-dealkylation sites (N-methyl/N-ethyl adjacent to an activating group) is 1. The van der Waals surface area contributed by atoms with Crippen LogP contribution in [0.1, 0.15) is 6.42 Å². The number of carbonyl (C=O) groups excluding carboxylic acids is 2. The summed E-state index contributed by atoms with van der Waals surface area (Å²) in [6, 6.07) is 0. The molecule has 1 heterocycles. The fraction of sp³-hybridized carbons (Fsp3) is 0.818. The third-order valence-corrected chi connectivity index (χ3v) is 3.25. The molecule has 0 aromatic heterocycles. The van der Waals surface area contributed by atoms with Crippen molar-refractivity contribution in [2.24, 2.45) is 5.92 Å². The van der Waals surface area contributed by atoms with E-state index >= 15 is 0 Å². The van der Waals surface area contributed by atoms with Gasteiger partial charge < -0.3 is 15.1 Å². The van der Waals surface area contributed by atoms with Gasteiger partial charge in [-0.2, -0.15) is 0 Å². The number of hydrogen-bond acceptors (Lipinski definition) is 3. The highest BCUT2D eigenvalue weighted by atomic mass is 35.5. The van der Waals surface area contributed by atoms with Crippen molar-refractivity contribution in [3.05, 3.63) is 0 Å². The van der Waals surface area contributed by atoms with E-state index in [0.717, 1.165) is 26.1 Å². The van der Waals surface area contributed by atoms with Crippen LogP contribution in [0.3, 0.4) is 0 Å². The number of likely N-dealkylation sites (tertiary alicyclic amines) is 1. The van der Waals surface area contributed by atoms with Gasteiger partial charge in [-0.3, -0.25) is 9.59 Å². The molecule has 1 aliphatic heterocycles. The number of halogens is 1. The first-order valence-electron chi connectivity index (χ1n) is 5.78. The Bertz CT molecular complexity index is 286. The standard InChI is InChI=1S/C11H20ClN3O2/c1-14-4-3-9(7-14)8-15(2)11(17)6-13-10(16)5-12/h9H,3-8H2,1-2H3,(H,13,16). The fourth-order valence-electron chi connectivity index (χ4n) is 2.02. The second kappa shape index (κ2) is 6.81. The van der Waals surface area contributed by atoms with Crippen LogP contribution >= 0.6 is 11.6 Å². The summed E-state index contributed by atoms with van der Waals surface area (Å²) in [6.07, 6.45) is 1.13. The van der Waals surface area contributed by atoms with Gasteiger partial charge in [-0.05, 0) is 25.9 Å². The van der Waals surface area contributed by atoms with E-state index in [1.807, 2.05) is 0 Å². The SMILES string of the molecule is CN1CCC(CN(C)C(=O)CNC(=O)CCl)C1. The molecule has 1 saturated heterocycles. The molecule has 1 aliphatic rings. The molecule has 98 valence electrons. The molecular formula is C11H20ClN3O2. The Kier molecular flexibility index (Phi) is 5.71. The smallest absolute Gasteiger partial charge is 0.241 e. The summed E-state index contributed by atoms with van der Waals surface area (Å²) < 4.78 is 0. The summed E-state index contributed by atoms with van der Waals surface area (Å²) >= 11 is 5.33. The van der Waals surface area contributed by atoms with Gasteiger partial charge in [-0.1, -0.05) is 0 Å². The van der Waals surface area contributed by atoms with E-state index in [-0.39, 0.29) is 24.2 Å². The molecule has 1 unspecified atom stereocenters. The van der Waals surface area contributed by atoms with Crippen LogP contribution in [0.5, 0.6) is 0 Å². The van der Waals surface area contributed by atoms with Gasteiger partial charge in [0.2, 0.25) is 11.8 Å². The van der Waals surface area contributed by atoms with Crippen molar-refractivity contribution in [3.8, 4) is 0 Å². The summed E-state index contributed by atoms with van der Waals surface area (Å²) in [5.41, 5.74) is 0. The van der Waals surface area contributed by atoms with Gasteiger partial charge in [-0.25, -0.2) is 0 Å². The number of amides is 2. The molecule has 1 atom stereocenters. The molecule has 0 aromatic carbocycles. The molecule has 1 rings (SSSR count). The van der Waals surface area contributed by atoms with Crippen molar-refractivity contribution >= 4 is 23.4 Å². The van der Waals surface area contributed by atoms with Gasteiger partial charge in [-0.15, -0.1) is 11.6 Å². The first kappa shape index (κ1) is 14.3. The van der Waals surface area contributed by atoms with E-state index in [2.05, 4.69) is 17.3 Å². The number of alkyl halides is 1. The third kappa shape index (κ3) is 4.91. The molecule has 1 fully saturated rings.